The molecule has 18 heavy (non-hydrogen) atoms. The van der Waals surface area contributed by atoms with Gasteiger partial charge >= 0.3 is 6.18 Å². The van der Waals surface area contributed by atoms with Gasteiger partial charge in [0.2, 0.25) is 0 Å². The molecule has 0 saturated heterocycles. The van der Waals surface area contributed by atoms with Crippen LogP contribution < -0.4 is 10.3 Å². The number of halogens is 3. The van der Waals surface area contributed by atoms with Gasteiger partial charge in [0, 0.05) is 6.07 Å². The van der Waals surface area contributed by atoms with Crippen LogP contribution in [-0.4, -0.2) is 4.57 Å². The van der Waals surface area contributed by atoms with Crippen LogP contribution >= 0.6 is 0 Å². The largest absolute Gasteiger partial charge is 0.416 e. The fourth-order valence-corrected chi connectivity index (χ4v) is 2.26. The predicted molar refractivity (Wildman–Crippen MR) is 61.7 cm³/mol. The van der Waals surface area contributed by atoms with Crippen molar-refractivity contribution in [1.82, 2.24) is 4.57 Å². The lowest BCUT2D eigenvalue weighted by Crippen LogP contribution is -2.34. The normalized spacial score (nSPS) is 12.3. The Labute approximate surface area is 103 Å². The van der Waals surface area contributed by atoms with Crippen molar-refractivity contribution >= 4 is 11.0 Å². The van der Waals surface area contributed by atoms with E-state index in [4.69, 9.17) is 5.73 Å². The highest BCUT2D eigenvalue weighted by Gasteiger charge is 2.32. The molecule has 0 radical (unpaired) electrons. The van der Waals surface area contributed by atoms with Crippen LogP contribution in [0.2, 0.25) is 0 Å². The first-order valence-electron chi connectivity index (χ1n) is 5.68. The van der Waals surface area contributed by atoms with E-state index in [0.717, 1.165) is 17.4 Å². The Morgan fingerprint density at radius 1 is 1.33 bits per heavy atom. The van der Waals surface area contributed by atoms with Crippen molar-refractivity contribution in [1.29, 1.82) is 0 Å². The Balaban J connectivity index is 2.77. The average Bonchev–Trinajstić information content (AvgIpc) is 2.60. The average molecular weight is 258 g/mol. The number of alkyl halides is 3. The molecule has 0 aliphatic rings. The van der Waals surface area contributed by atoms with E-state index in [1.165, 1.54) is 12.1 Å². The molecule has 0 saturated carbocycles. The maximum atomic E-state index is 12.7. The SMILES string of the molecule is CCn1c(CN)[n+](C)c2ccc(C(F)(F)F)cc21. The number of fused-ring (bicyclic) bond motifs is 1. The van der Waals surface area contributed by atoms with Gasteiger partial charge in [-0.25, -0.2) is 9.13 Å². The Kier molecular flexibility index (Phi) is 3.06. The molecule has 0 atom stereocenters. The number of aromatic nitrogens is 2. The number of rotatable bonds is 2. The number of hydrogen-bond acceptors (Lipinski definition) is 1. The zero-order chi connectivity index (χ0) is 13.5. The van der Waals surface area contributed by atoms with Crippen LogP contribution in [0.25, 0.3) is 11.0 Å². The molecule has 98 valence electrons. The Bertz CT molecular complexity index is 584. The van der Waals surface area contributed by atoms with Crippen LogP contribution in [0, 0.1) is 0 Å². The second-order valence-electron chi connectivity index (χ2n) is 4.12. The maximum absolute atomic E-state index is 12.7. The van der Waals surface area contributed by atoms with Crippen LogP contribution in [0.15, 0.2) is 18.2 Å². The molecule has 0 bridgehead atoms. The van der Waals surface area contributed by atoms with Crippen LogP contribution in [0.3, 0.4) is 0 Å². The number of nitrogens with two attached hydrogens (primary N) is 1. The minimum atomic E-state index is -4.32. The van der Waals surface area contributed by atoms with Gasteiger partial charge in [-0.05, 0) is 19.1 Å². The first-order chi connectivity index (χ1) is 8.40. The van der Waals surface area contributed by atoms with E-state index in [1.54, 1.807) is 0 Å². The fourth-order valence-electron chi connectivity index (χ4n) is 2.26. The molecule has 2 rings (SSSR count). The summed E-state index contributed by atoms with van der Waals surface area (Å²) in [6.07, 6.45) is -4.32. The van der Waals surface area contributed by atoms with Crippen molar-refractivity contribution in [3.63, 3.8) is 0 Å². The molecule has 3 nitrogen and oxygen atoms in total. The van der Waals surface area contributed by atoms with Crippen molar-refractivity contribution in [2.24, 2.45) is 12.8 Å². The van der Waals surface area contributed by atoms with Crippen LogP contribution in [-0.2, 0) is 26.3 Å². The van der Waals surface area contributed by atoms with Gasteiger partial charge in [0.25, 0.3) is 5.82 Å². The number of nitrogens with zero attached hydrogens (tertiary/aromatic N) is 2. The molecule has 1 aromatic heterocycles. The van der Waals surface area contributed by atoms with Crippen LogP contribution in [0.1, 0.15) is 18.3 Å². The molecule has 0 aliphatic carbocycles. The molecule has 0 fully saturated rings. The summed E-state index contributed by atoms with van der Waals surface area (Å²) in [6, 6.07) is 3.77. The van der Waals surface area contributed by atoms with Crippen molar-refractivity contribution in [3.05, 3.63) is 29.6 Å². The highest BCUT2D eigenvalue weighted by Crippen LogP contribution is 2.31. The summed E-state index contributed by atoms with van der Waals surface area (Å²) >= 11 is 0. The van der Waals surface area contributed by atoms with Gasteiger partial charge in [0.1, 0.15) is 0 Å². The predicted octanol–water partition coefficient (Wildman–Crippen LogP) is 1.96. The Hall–Kier alpha value is -1.56. The first-order valence-corrected chi connectivity index (χ1v) is 5.68. The summed E-state index contributed by atoms with van der Waals surface area (Å²) < 4.78 is 41.7. The van der Waals surface area contributed by atoms with E-state index >= 15 is 0 Å². The summed E-state index contributed by atoms with van der Waals surface area (Å²) in [5.41, 5.74) is 6.34. The summed E-state index contributed by atoms with van der Waals surface area (Å²) in [5, 5.41) is 0. The molecule has 0 spiro atoms. The van der Waals surface area contributed by atoms with Gasteiger partial charge in [-0.15, -0.1) is 0 Å². The van der Waals surface area contributed by atoms with Gasteiger partial charge in [0.15, 0.2) is 11.0 Å². The molecular weight excluding hydrogens is 243 g/mol. The van der Waals surface area contributed by atoms with Crippen molar-refractivity contribution in [3.8, 4) is 0 Å². The van der Waals surface area contributed by atoms with E-state index in [0.29, 0.717) is 18.6 Å². The molecule has 2 aromatic rings. The van der Waals surface area contributed by atoms with E-state index < -0.39 is 11.7 Å². The molecule has 1 aromatic carbocycles. The molecule has 0 unspecified atom stereocenters. The summed E-state index contributed by atoms with van der Waals surface area (Å²) in [7, 11) is 1.81. The zero-order valence-corrected chi connectivity index (χ0v) is 10.3. The zero-order valence-electron chi connectivity index (χ0n) is 10.3. The number of benzene rings is 1. The minimum absolute atomic E-state index is 0.292. The topological polar surface area (TPSA) is 34.8 Å². The van der Waals surface area contributed by atoms with E-state index in [2.05, 4.69) is 0 Å². The van der Waals surface area contributed by atoms with Gasteiger partial charge < -0.3 is 5.73 Å². The molecular formula is C12H15F3N3+. The number of imidazole rings is 1. The minimum Gasteiger partial charge on any atom is -0.320 e. The van der Waals surface area contributed by atoms with E-state index in [-0.39, 0.29) is 0 Å². The maximum Gasteiger partial charge on any atom is 0.416 e. The third-order valence-electron chi connectivity index (χ3n) is 3.15. The quantitative estimate of drug-likeness (QED) is 0.821. The van der Waals surface area contributed by atoms with E-state index in [9.17, 15) is 13.2 Å². The van der Waals surface area contributed by atoms with Crippen LogP contribution in [0.4, 0.5) is 13.2 Å². The van der Waals surface area contributed by atoms with Crippen molar-refractivity contribution in [2.45, 2.75) is 26.2 Å². The number of hydrogen-bond donors (Lipinski definition) is 1. The van der Waals surface area contributed by atoms with Crippen molar-refractivity contribution in [2.75, 3.05) is 0 Å². The third kappa shape index (κ3) is 1.86. The molecule has 0 amide bonds. The van der Waals surface area contributed by atoms with Gasteiger partial charge in [0.05, 0.1) is 25.7 Å². The molecule has 0 aliphatic heterocycles. The lowest BCUT2D eigenvalue weighted by molar-refractivity contribution is -0.654. The standard InChI is InChI=1S/C12H15F3N3/c1-3-18-10-6-8(12(13,14)15)4-5-9(10)17(2)11(18)7-16/h4-6H,3,7,16H2,1-2H3/q+1. The highest BCUT2D eigenvalue weighted by molar-refractivity contribution is 5.73. The number of aryl methyl sites for hydroxylation is 2. The second-order valence-corrected chi connectivity index (χ2v) is 4.12. The highest BCUT2D eigenvalue weighted by atomic mass is 19.4. The lowest BCUT2D eigenvalue weighted by Gasteiger charge is -2.05. The van der Waals surface area contributed by atoms with Crippen LogP contribution in [0.5, 0.6) is 0 Å². The molecule has 6 heteroatoms. The third-order valence-corrected chi connectivity index (χ3v) is 3.15. The fraction of sp³-hybridized carbons (Fsp3) is 0.417. The Morgan fingerprint density at radius 3 is 2.50 bits per heavy atom. The smallest absolute Gasteiger partial charge is 0.320 e. The summed E-state index contributed by atoms with van der Waals surface area (Å²) in [4.78, 5) is 0. The molecule has 2 N–H and O–H groups in total. The Morgan fingerprint density at radius 2 is 2.00 bits per heavy atom. The van der Waals surface area contributed by atoms with E-state index in [1.807, 2.05) is 23.1 Å². The van der Waals surface area contributed by atoms with Crippen molar-refractivity contribution < 1.29 is 17.7 Å². The van der Waals surface area contributed by atoms with Gasteiger partial charge in [-0.2, -0.15) is 13.2 Å². The van der Waals surface area contributed by atoms with Gasteiger partial charge in [-0.3, -0.25) is 0 Å². The second kappa shape index (κ2) is 4.28. The summed E-state index contributed by atoms with van der Waals surface area (Å²) in [5.74, 6) is 0.812. The van der Waals surface area contributed by atoms with Gasteiger partial charge in [-0.1, -0.05) is 0 Å². The monoisotopic (exact) mass is 258 g/mol. The molecule has 1 heterocycles. The first kappa shape index (κ1) is 12.9. The summed E-state index contributed by atoms with van der Waals surface area (Å²) in [6.45, 7) is 2.77. The lowest BCUT2D eigenvalue weighted by atomic mass is 10.2.